The lowest BCUT2D eigenvalue weighted by molar-refractivity contribution is -0.100. The van der Waals surface area contributed by atoms with Crippen molar-refractivity contribution in [2.45, 2.75) is 6.92 Å². The number of carbonyl (C=O) groups excluding carboxylic acids is 1. The zero-order valence-corrected chi connectivity index (χ0v) is 8.53. The van der Waals surface area contributed by atoms with E-state index in [1.54, 1.807) is 6.92 Å². The molecule has 0 saturated heterocycles. The number of hydroxylamine groups is 2. The number of phenolic OH excluding ortho intramolecular Hbond substituents is 1. The van der Waals surface area contributed by atoms with E-state index in [9.17, 15) is 9.18 Å². The first-order chi connectivity index (χ1) is 7.06. The van der Waals surface area contributed by atoms with Gasteiger partial charge in [0, 0.05) is 12.6 Å². The highest BCUT2D eigenvalue weighted by atomic mass is 19.1. The van der Waals surface area contributed by atoms with Gasteiger partial charge in [-0.25, -0.2) is 9.45 Å². The fourth-order valence-electron chi connectivity index (χ4n) is 1.08. The van der Waals surface area contributed by atoms with Crippen LogP contribution in [0.15, 0.2) is 18.2 Å². The Balaban J connectivity index is 2.87. The maximum absolute atomic E-state index is 12.7. The molecule has 1 aromatic rings. The Bertz CT molecular complexity index is 368. The first kappa shape index (κ1) is 11.5. The van der Waals surface area contributed by atoms with Gasteiger partial charge in [-0.05, 0) is 25.1 Å². The van der Waals surface area contributed by atoms with Gasteiger partial charge in [-0.2, -0.15) is 0 Å². The van der Waals surface area contributed by atoms with Gasteiger partial charge in [0.25, 0.3) is 5.91 Å². The summed E-state index contributed by atoms with van der Waals surface area (Å²) in [7, 11) is 1.45. The molecule has 1 aromatic carbocycles. The van der Waals surface area contributed by atoms with Crippen LogP contribution in [-0.2, 0) is 4.84 Å². The number of halogens is 1. The molecule has 0 aromatic heterocycles. The van der Waals surface area contributed by atoms with E-state index in [0.29, 0.717) is 6.61 Å². The molecule has 5 heteroatoms. The minimum Gasteiger partial charge on any atom is -0.505 e. The number of hydrogen-bond donors (Lipinski definition) is 1. The lowest BCUT2D eigenvalue weighted by Gasteiger charge is -2.15. The fraction of sp³-hybridized carbons (Fsp3) is 0.300. The normalized spacial score (nSPS) is 10.1. The van der Waals surface area contributed by atoms with Gasteiger partial charge in [0.15, 0.2) is 11.6 Å². The molecule has 1 rings (SSSR count). The highest BCUT2D eigenvalue weighted by Gasteiger charge is 2.13. The monoisotopic (exact) mass is 213 g/mol. The van der Waals surface area contributed by atoms with E-state index in [2.05, 4.69) is 0 Å². The molecule has 0 aliphatic carbocycles. The minimum atomic E-state index is -0.759. The SMILES string of the molecule is CCON(C)C(=O)c1ccc(F)c(O)c1. The molecule has 0 unspecified atom stereocenters. The van der Waals surface area contributed by atoms with Gasteiger partial charge in [-0.15, -0.1) is 0 Å². The number of benzene rings is 1. The van der Waals surface area contributed by atoms with Gasteiger partial charge in [0.1, 0.15) is 0 Å². The number of amides is 1. The average Bonchev–Trinajstić information content (AvgIpc) is 2.21. The van der Waals surface area contributed by atoms with Crippen molar-refractivity contribution in [3.05, 3.63) is 29.6 Å². The second kappa shape index (κ2) is 4.75. The van der Waals surface area contributed by atoms with Crippen LogP contribution in [-0.4, -0.2) is 29.7 Å². The molecule has 0 fully saturated rings. The van der Waals surface area contributed by atoms with Gasteiger partial charge >= 0.3 is 0 Å². The third-order valence-electron chi connectivity index (χ3n) is 1.80. The van der Waals surface area contributed by atoms with Crippen molar-refractivity contribution in [1.29, 1.82) is 0 Å². The van der Waals surface area contributed by atoms with Crippen molar-refractivity contribution in [3.8, 4) is 5.75 Å². The lowest BCUT2D eigenvalue weighted by Crippen LogP contribution is -2.26. The van der Waals surface area contributed by atoms with Crippen molar-refractivity contribution in [1.82, 2.24) is 5.06 Å². The Labute approximate surface area is 86.8 Å². The molecule has 0 radical (unpaired) electrons. The van der Waals surface area contributed by atoms with Crippen molar-refractivity contribution in [2.75, 3.05) is 13.7 Å². The van der Waals surface area contributed by atoms with E-state index in [1.807, 2.05) is 0 Å². The highest BCUT2D eigenvalue weighted by molar-refractivity contribution is 5.93. The molecule has 0 aliphatic heterocycles. The third-order valence-corrected chi connectivity index (χ3v) is 1.80. The number of aromatic hydroxyl groups is 1. The zero-order chi connectivity index (χ0) is 11.4. The van der Waals surface area contributed by atoms with Crippen LogP contribution < -0.4 is 0 Å². The van der Waals surface area contributed by atoms with Crippen LogP contribution in [0, 0.1) is 5.82 Å². The molecular formula is C10H12FNO3. The predicted molar refractivity (Wildman–Crippen MR) is 51.8 cm³/mol. The maximum atomic E-state index is 12.7. The van der Waals surface area contributed by atoms with Crippen molar-refractivity contribution < 1.29 is 19.1 Å². The van der Waals surface area contributed by atoms with Crippen molar-refractivity contribution in [2.24, 2.45) is 0 Å². The summed E-state index contributed by atoms with van der Waals surface area (Å²) < 4.78 is 12.7. The second-order valence-electron chi connectivity index (χ2n) is 2.89. The summed E-state index contributed by atoms with van der Waals surface area (Å²) in [6.45, 7) is 2.10. The van der Waals surface area contributed by atoms with E-state index in [0.717, 1.165) is 17.2 Å². The van der Waals surface area contributed by atoms with E-state index in [4.69, 9.17) is 9.94 Å². The van der Waals surface area contributed by atoms with Crippen LogP contribution in [0.5, 0.6) is 5.75 Å². The van der Waals surface area contributed by atoms with E-state index < -0.39 is 17.5 Å². The highest BCUT2D eigenvalue weighted by Crippen LogP contribution is 2.17. The molecule has 0 atom stereocenters. The molecule has 0 spiro atoms. The van der Waals surface area contributed by atoms with Gasteiger partial charge in [-0.1, -0.05) is 0 Å². The number of rotatable bonds is 3. The Morgan fingerprint density at radius 1 is 1.60 bits per heavy atom. The maximum Gasteiger partial charge on any atom is 0.277 e. The van der Waals surface area contributed by atoms with Gasteiger partial charge < -0.3 is 5.11 Å². The van der Waals surface area contributed by atoms with Crippen LogP contribution >= 0.6 is 0 Å². The van der Waals surface area contributed by atoms with E-state index in [-0.39, 0.29) is 5.56 Å². The molecule has 0 saturated carbocycles. The molecular weight excluding hydrogens is 201 g/mol. The molecule has 4 nitrogen and oxygen atoms in total. The smallest absolute Gasteiger partial charge is 0.277 e. The number of hydrogen-bond acceptors (Lipinski definition) is 3. The Morgan fingerprint density at radius 3 is 2.80 bits per heavy atom. The topological polar surface area (TPSA) is 49.8 Å². The molecule has 0 aliphatic rings. The number of phenols is 1. The number of nitrogens with zero attached hydrogens (tertiary/aromatic N) is 1. The summed E-state index contributed by atoms with van der Waals surface area (Å²) in [5.41, 5.74) is 0.171. The lowest BCUT2D eigenvalue weighted by atomic mass is 10.2. The summed E-state index contributed by atoms with van der Waals surface area (Å²) in [4.78, 5) is 16.5. The quantitative estimate of drug-likeness (QED) is 0.775. The predicted octanol–water partition coefficient (Wildman–Crippen LogP) is 1.55. The first-order valence-electron chi connectivity index (χ1n) is 4.45. The minimum absolute atomic E-state index is 0.171. The molecule has 0 bridgehead atoms. The summed E-state index contributed by atoms with van der Waals surface area (Å²) >= 11 is 0. The van der Waals surface area contributed by atoms with E-state index in [1.165, 1.54) is 13.1 Å². The van der Waals surface area contributed by atoms with Crippen LogP contribution in [0.3, 0.4) is 0 Å². The second-order valence-corrected chi connectivity index (χ2v) is 2.89. The van der Waals surface area contributed by atoms with Gasteiger partial charge in [0.2, 0.25) is 0 Å². The van der Waals surface area contributed by atoms with Gasteiger partial charge in [0.05, 0.1) is 6.61 Å². The summed E-state index contributed by atoms with van der Waals surface area (Å²) in [5, 5.41) is 10.1. The molecule has 1 N–H and O–H groups in total. The van der Waals surface area contributed by atoms with Crippen LogP contribution in [0.4, 0.5) is 4.39 Å². The summed E-state index contributed by atoms with van der Waals surface area (Å²) in [6.07, 6.45) is 0. The Hall–Kier alpha value is -1.62. The largest absolute Gasteiger partial charge is 0.505 e. The standard InChI is InChI=1S/C10H12FNO3/c1-3-15-12(2)10(14)7-4-5-8(11)9(13)6-7/h4-6,13H,3H2,1-2H3. The van der Waals surface area contributed by atoms with Gasteiger partial charge in [-0.3, -0.25) is 9.63 Å². The third kappa shape index (κ3) is 2.66. The number of carbonyl (C=O) groups is 1. The Morgan fingerprint density at radius 2 is 2.27 bits per heavy atom. The molecule has 0 heterocycles. The molecule has 15 heavy (non-hydrogen) atoms. The average molecular weight is 213 g/mol. The van der Waals surface area contributed by atoms with Crippen LogP contribution in [0.25, 0.3) is 0 Å². The first-order valence-corrected chi connectivity index (χ1v) is 4.45. The summed E-state index contributed by atoms with van der Waals surface area (Å²) in [6, 6.07) is 3.38. The van der Waals surface area contributed by atoms with Crippen molar-refractivity contribution in [3.63, 3.8) is 0 Å². The van der Waals surface area contributed by atoms with Crippen molar-refractivity contribution >= 4 is 5.91 Å². The Kier molecular flexibility index (Phi) is 3.62. The molecule has 1 amide bonds. The van der Waals surface area contributed by atoms with Crippen LogP contribution in [0.2, 0.25) is 0 Å². The summed E-state index contributed by atoms with van der Waals surface area (Å²) in [5.74, 6) is -1.75. The van der Waals surface area contributed by atoms with E-state index >= 15 is 0 Å². The fourth-order valence-corrected chi connectivity index (χ4v) is 1.08. The zero-order valence-electron chi connectivity index (χ0n) is 8.53. The van der Waals surface area contributed by atoms with Crippen LogP contribution in [0.1, 0.15) is 17.3 Å². The molecule has 82 valence electrons.